The van der Waals surface area contributed by atoms with Gasteiger partial charge in [-0.25, -0.2) is 0 Å². The van der Waals surface area contributed by atoms with E-state index in [0.717, 1.165) is 56.1 Å². The van der Waals surface area contributed by atoms with E-state index in [-0.39, 0.29) is 30.1 Å². The molecule has 0 saturated heterocycles. The number of hydrogen-bond acceptors (Lipinski definition) is 4. The van der Waals surface area contributed by atoms with Crippen LogP contribution in [0.15, 0.2) is 48.6 Å². The third kappa shape index (κ3) is 8.31. The zero-order valence-corrected chi connectivity index (χ0v) is 19.8. The zero-order chi connectivity index (χ0) is 23.3. The van der Waals surface area contributed by atoms with Crippen molar-refractivity contribution in [2.45, 2.75) is 96.4 Å². The average Bonchev–Trinajstić information content (AvgIpc) is 3.06. The lowest BCUT2D eigenvalue weighted by Gasteiger charge is -2.22. The van der Waals surface area contributed by atoms with Crippen LogP contribution < -0.4 is 0 Å². The van der Waals surface area contributed by atoms with Gasteiger partial charge in [0.05, 0.1) is 18.3 Å². The highest BCUT2D eigenvalue weighted by molar-refractivity contribution is 5.85. The van der Waals surface area contributed by atoms with Gasteiger partial charge in [0.25, 0.3) is 0 Å². The number of Topliss-reactive ketones (excluding diaryl/α,β-unsaturated/α-hetero) is 1. The second-order valence-corrected chi connectivity index (χ2v) is 9.12. The van der Waals surface area contributed by atoms with E-state index in [1.807, 2.05) is 49.4 Å². The highest BCUT2D eigenvalue weighted by atomic mass is 16.3. The molecule has 5 atom stereocenters. The fourth-order valence-electron chi connectivity index (χ4n) is 4.51. The molecule has 1 aromatic rings. The first-order chi connectivity index (χ1) is 15.5. The molecule has 0 heterocycles. The van der Waals surface area contributed by atoms with Crippen LogP contribution in [0.3, 0.4) is 0 Å². The summed E-state index contributed by atoms with van der Waals surface area (Å²) in [6.07, 6.45) is 12.5. The van der Waals surface area contributed by atoms with Crippen LogP contribution in [0.25, 0.3) is 5.57 Å². The minimum atomic E-state index is -0.706. The van der Waals surface area contributed by atoms with E-state index >= 15 is 0 Å². The monoisotopic (exact) mass is 442 g/mol. The first-order valence-electron chi connectivity index (χ1n) is 12.5. The molecule has 0 spiro atoms. The summed E-state index contributed by atoms with van der Waals surface area (Å²) in [5.41, 5.74) is 1.77. The van der Waals surface area contributed by atoms with Crippen LogP contribution in [0.4, 0.5) is 0 Å². The van der Waals surface area contributed by atoms with E-state index in [2.05, 4.69) is 13.0 Å². The topological polar surface area (TPSA) is 77.8 Å². The molecule has 1 fully saturated rings. The minimum Gasteiger partial charge on any atom is -0.393 e. The molecule has 4 heteroatoms. The molecular formula is C28H42O4. The molecule has 1 aliphatic rings. The number of rotatable bonds is 14. The van der Waals surface area contributed by atoms with Crippen molar-refractivity contribution >= 4 is 11.4 Å². The summed E-state index contributed by atoms with van der Waals surface area (Å²) in [6, 6.07) is 9.82. The van der Waals surface area contributed by atoms with Crippen LogP contribution in [0.2, 0.25) is 0 Å². The van der Waals surface area contributed by atoms with Crippen molar-refractivity contribution in [2.24, 2.45) is 11.8 Å². The quantitative estimate of drug-likeness (QED) is 0.264. The van der Waals surface area contributed by atoms with Crippen LogP contribution in [-0.2, 0) is 4.79 Å². The molecular weight excluding hydrogens is 400 g/mol. The number of carbonyl (C=O) groups is 1. The number of hydrogen-bond donors (Lipinski definition) is 3. The Morgan fingerprint density at radius 1 is 1.06 bits per heavy atom. The number of allylic oxidation sites excluding steroid dienone is 2. The first-order valence-corrected chi connectivity index (χ1v) is 12.5. The van der Waals surface area contributed by atoms with Crippen molar-refractivity contribution in [1.29, 1.82) is 0 Å². The van der Waals surface area contributed by atoms with Gasteiger partial charge in [-0.15, -0.1) is 0 Å². The van der Waals surface area contributed by atoms with Gasteiger partial charge in [0, 0.05) is 18.3 Å². The Kier molecular flexibility index (Phi) is 11.9. The second-order valence-electron chi connectivity index (χ2n) is 9.12. The highest BCUT2D eigenvalue weighted by Gasteiger charge is 2.40. The molecule has 1 saturated carbocycles. The summed E-state index contributed by atoms with van der Waals surface area (Å²) in [6.45, 7) is 4.13. The second kappa shape index (κ2) is 14.4. The summed E-state index contributed by atoms with van der Waals surface area (Å²) >= 11 is 0. The third-order valence-corrected chi connectivity index (χ3v) is 6.59. The largest absolute Gasteiger partial charge is 0.393 e. The lowest BCUT2D eigenvalue weighted by Crippen LogP contribution is -2.20. The van der Waals surface area contributed by atoms with Gasteiger partial charge in [0.2, 0.25) is 0 Å². The summed E-state index contributed by atoms with van der Waals surface area (Å²) in [7, 11) is 0. The van der Waals surface area contributed by atoms with Crippen molar-refractivity contribution < 1.29 is 20.1 Å². The van der Waals surface area contributed by atoms with Crippen molar-refractivity contribution in [3.8, 4) is 0 Å². The van der Waals surface area contributed by atoms with E-state index in [0.29, 0.717) is 12.8 Å². The van der Waals surface area contributed by atoms with Gasteiger partial charge >= 0.3 is 0 Å². The molecule has 1 aromatic carbocycles. The summed E-state index contributed by atoms with van der Waals surface area (Å²) in [4.78, 5) is 12.6. The zero-order valence-electron chi connectivity index (χ0n) is 19.8. The Morgan fingerprint density at radius 2 is 1.81 bits per heavy atom. The van der Waals surface area contributed by atoms with Gasteiger partial charge in [-0.05, 0) is 49.7 Å². The van der Waals surface area contributed by atoms with Crippen molar-refractivity contribution in [3.63, 3.8) is 0 Å². The lowest BCUT2D eigenvalue weighted by atomic mass is 9.86. The van der Waals surface area contributed by atoms with E-state index in [9.17, 15) is 20.1 Å². The molecule has 3 N–H and O–H groups in total. The Balaban J connectivity index is 2.12. The Bertz CT molecular complexity index is 724. The predicted molar refractivity (Wildman–Crippen MR) is 131 cm³/mol. The van der Waals surface area contributed by atoms with Crippen LogP contribution in [0.5, 0.6) is 0 Å². The summed E-state index contributed by atoms with van der Waals surface area (Å²) in [5, 5.41) is 31.3. The van der Waals surface area contributed by atoms with Crippen LogP contribution in [0, 0.1) is 11.8 Å². The number of ketones is 1. The number of aliphatic hydroxyl groups is 3. The number of aliphatic hydroxyl groups excluding tert-OH is 3. The molecule has 0 radical (unpaired) electrons. The normalized spacial score (nSPS) is 23.7. The molecule has 4 nitrogen and oxygen atoms in total. The third-order valence-electron chi connectivity index (χ3n) is 6.59. The van der Waals surface area contributed by atoms with E-state index < -0.39 is 12.2 Å². The lowest BCUT2D eigenvalue weighted by molar-refractivity contribution is -0.121. The van der Waals surface area contributed by atoms with Gasteiger partial charge in [-0.3, -0.25) is 4.79 Å². The molecule has 1 unspecified atom stereocenters. The maximum absolute atomic E-state index is 12.6. The standard InChI is InChI=1S/C28H42O4/c1-3-5-9-18-26(30)24(21-14-10-8-11-15-21)19-25-23(27(31)20-28(25)32)17-13-7-6-12-16-22(29)4-2/h7-8,10-11,13-15,19,22-23,25-26,28-30,32H,3-6,9,12,16-18,20H2,1-2H3/b13-7-,24-19+/t22?,23-,25-,26-,28-/m1/s1. The molecule has 178 valence electrons. The van der Waals surface area contributed by atoms with Crippen LogP contribution >= 0.6 is 0 Å². The highest BCUT2D eigenvalue weighted by Crippen LogP contribution is 2.36. The SMILES string of the molecule is CCCCC[C@@H](O)/C(=C/[C@H]1[C@H](O)CC(=O)[C@@H]1C/C=C\CCCC(O)CC)c1ccccc1. The molecule has 0 aliphatic heterocycles. The number of benzene rings is 1. The van der Waals surface area contributed by atoms with Gasteiger partial charge in [0.15, 0.2) is 0 Å². The predicted octanol–water partition coefficient (Wildman–Crippen LogP) is 5.46. The molecule has 2 rings (SSSR count). The van der Waals surface area contributed by atoms with Crippen molar-refractivity contribution in [2.75, 3.05) is 0 Å². The van der Waals surface area contributed by atoms with Gasteiger partial charge < -0.3 is 15.3 Å². The van der Waals surface area contributed by atoms with Gasteiger partial charge in [-0.1, -0.05) is 81.7 Å². The number of unbranched alkanes of at least 4 members (excludes halogenated alkanes) is 3. The molecule has 0 amide bonds. The summed E-state index contributed by atoms with van der Waals surface area (Å²) in [5.74, 6) is -0.452. The first kappa shape index (κ1) is 26.5. The van der Waals surface area contributed by atoms with E-state index in [4.69, 9.17) is 0 Å². The van der Waals surface area contributed by atoms with Gasteiger partial charge in [-0.2, -0.15) is 0 Å². The fourth-order valence-corrected chi connectivity index (χ4v) is 4.51. The Labute approximate surface area is 194 Å². The maximum Gasteiger partial charge on any atom is 0.139 e. The molecule has 32 heavy (non-hydrogen) atoms. The maximum atomic E-state index is 12.6. The molecule has 0 bridgehead atoms. The Hall–Kier alpha value is -1.75. The van der Waals surface area contributed by atoms with Crippen molar-refractivity contribution in [1.82, 2.24) is 0 Å². The minimum absolute atomic E-state index is 0.0951. The van der Waals surface area contributed by atoms with Crippen LogP contribution in [-0.4, -0.2) is 39.4 Å². The summed E-state index contributed by atoms with van der Waals surface area (Å²) < 4.78 is 0. The number of carbonyl (C=O) groups excluding carboxylic acids is 1. The molecule has 0 aromatic heterocycles. The van der Waals surface area contributed by atoms with E-state index in [1.54, 1.807) is 0 Å². The fraction of sp³-hybridized carbons (Fsp3) is 0.607. The van der Waals surface area contributed by atoms with Crippen molar-refractivity contribution in [3.05, 3.63) is 54.1 Å². The Morgan fingerprint density at radius 3 is 2.50 bits per heavy atom. The van der Waals surface area contributed by atoms with E-state index in [1.165, 1.54) is 0 Å². The smallest absolute Gasteiger partial charge is 0.139 e. The molecule has 1 aliphatic carbocycles. The van der Waals surface area contributed by atoms with Gasteiger partial charge in [0.1, 0.15) is 5.78 Å². The average molecular weight is 443 g/mol. The van der Waals surface area contributed by atoms with Crippen LogP contribution in [0.1, 0.15) is 83.6 Å².